The minimum atomic E-state index is -0.301. The molecule has 2 aromatic heterocycles. The molecule has 4 rings (SSSR count). The van der Waals surface area contributed by atoms with Crippen molar-refractivity contribution in [1.29, 1.82) is 0 Å². The first-order valence-electron chi connectivity index (χ1n) is 8.62. The maximum absolute atomic E-state index is 13.3. The van der Waals surface area contributed by atoms with Crippen LogP contribution in [0.25, 0.3) is 11.0 Å². The summed E-state index contributed by atoms with van der Waals surface area (Å²) in [5.41, 5.74) is 2.47. The Morgan fingerprint density at radius 3 is 2.61 bits per heavy atom. The summed E-state index contributed by atoms with van der Waals surface area (Å²) in [6, 6.07) is 15.1. The van der Waals surface area contributed by atoms with E-state index >= 15 is 0 Å². The van der Waals surface area contributed by atoms with E-state index in [1.807, 2.05) is 17.5 Å². The van der Waals surface area contributed by atoms with Gasteiger partial charge in [-0.15, -0.1) is 11.3 Å². The number of amides is 1. The maximum atomic E-state index is 13.3. The molecular formula is C20H17FN4O2S. The Bertz CT molecular complexity index is 1150. The summed E-state index contributed by atoms with van der Waals surface area (Å²) in [7, 11) is 0. The number of imidazole rings is 1. The highest BCUT2D eigenvalue weighted by atomic mass is 32.1. The van der Waals surface area contributed by atoms with Crippen molar-refractivity contribution in [2.45, 2.75) is 6.04 Å². The standard InChI is InChI=1S/C20H17FN4O2S/c21-13-5-3-12(4-6-13)19(17-2-1-9-28-17)22-11-18(26)23-14-7-8-15-16(10-14)25-20(27)24-15/h1-10,19,22H,11H2,(H,23,26)(H2,24,25,27)/t19-/m1/s1. The summed E-state index contributed by atoms with van der Waals surface area (Å²) in [6.07, 6.45) is 0. The van der Waals surface area contributed by atoms with Crippen molar-refractivity contribution in [3.05, 3.63) is 86.7 Å². The van der Waals surface area contributed by atoms with Gasteiger partial charge in [0.2, 0.25) is 5.91 Å². The lowest BCUT2D eigenvalue weighted by molar-refractivity contribution is -0.115. The van der Waals surface area contributed by atoms with E-state index in [2.05, 4.69) is 20.6 Å². The van der Waals surface area contributed by atoms with Crippen LogP contribution in [0.4, 0.5) is 10.1 Å². The predicted molar refractivity (Wildman–Crippen MR) is 108 cm³/mol. The average Bonchev–Trinajstić information content (AvgIpc) is 3.32. The molecule has 0 fully saturated rings. The van der Waals surface area contributed by atoms with Crippen LogP contribution >= 0.6 is 11.3 Å². The molecule has 0 saturated heterocycles. The van der Waals surface area contributed by atoms with Gasteiger partial charge in [0, 0.05) is 10.6 Å². The number of aromatic amines is 2. The molecule has 28 heavy (non-hydrogen) atoms. The fourth-order valence-corrected chi connectivity index (χ4v) is 3.83. The van der Waals surface area contributed by atoms with E-state index in [1.54, 1.807) is 41.7 Å². The van der Waals surface area contributed by atoms with Crippen LogP contribution in [0.1, 0.15) is 16.5 Å². The number of carbonyl (C=O) groups excluding carboxylic acids is 1. The highest BCUT2D eigenvalue weighted by molar-refractivity contribution is 7.10. The summed E-state index contributed by atoms with van der Waals surface area (Å²) < 4.78 is 13.3. The number of H-pyrrole nitrogens is 2. The van der Waals surface area contributed by atoms with E-state index in [1.165, 1.54) is 12.1 Å². The van der Waals surface area contributed by atoms with Gasteiger partial charge >= 0.3 is 5.69 Å². The molecule has 0 saturated carbocycles. The molecule has 0 spiro atoms. The van der Waals surface area contributed by atoms with Crippen LogP contribution in [-0.2, 0) is 4.79 Å². The summed E-state index contributed by atoms with van der Waals surface area (Å²) in [6.45, 7) is 0.0711. The number of hydrogen-bond acceptors (Lipinski definition) is 4. The Morgan fingerprint density at radius 1 is 1.07 bits per heavy atom. The second-order valence-electron chi connectivity index (χ2n) is 6.27. The predicted octanol–water partition coefficient (Wildman–Crippen LogP) is 3.37. The molecule has 0 aliphatic rings. The summed E-state index contributed by atoms with van der Waals surface area (Å²) >= 11 is 1.56. The molecule has 0 radical (unpaired) electrons. The Kier molecular flexibility index (Phi) is 5.05. The largest absolute Gasteiger partial charge is 0.325 e. The molecule has 4 aromatic rings. The summed E-state index contributed by atoms with van der Waals surface area (Å²) in [5.74, 6) is -0.523. The molecule has 1 amide bonds. The highest BCUT2D eigenvalue weighted by Gasteiger charge is 2.16. The van der Waals surface area contributed by atoms with E-state index in [4.69, 9.17) is 0 Å². The van der Waals surface area contributed by atoms with Gasteiger partial charge in [-0.3, -0.25) is 10.1 Å². The third-order valence-electron chi connectivity index (χ3n) is 4.30. The molecule has 2 aromatic carbocycles. The molecule has 0 aliphatic carbocycles. The molecule has 1 atom stereocenters. The second kappa shape index (κ2) is 7.79. The van der Waals surface area contributed by atoms with Crippen molar-refractivity contribution in [3.8, 4) is 0 Å². The fraction of sp³-hybridized carbons (Fsp3) is 0.100. The number of thiophene rings is 1. The van der Waals surface area contributed by atoms with Crippen molar-refractivity contribution in [3.63, 3.8) is 0 Å². The third kappa shape index (κ3) is 4.03. The van der Waals surface area contributed by atoms with Crippen LogP contribution in [0.5, 0.6) is 0 Å². The number of carbonyl (C=O) groups is 1. The van der Waals surface area contributed by atoms with Crippen LogP contribution in [0.2, 0.25) is 0 Å². The second-order valence-corrected chi connectivity index (χ2v) is 7.25. The molecule has 0 aliphatic heterocycles. The normalized spacial score (nSPS) is 12.2. The Balaban J connectivity index is 1.46. The molecule has 0 unspecified atom stereocenters. The number of halogens is 1. The van der Waals surface area contributed by atoms with Gasteiger partial charge in [-0.2, -0.15) is 0 Å². The first-order chi connectivity index (χ1) is 13.6. The van der Waals surface area contributed by atoms with Crippen molar-refractivity contribution in [2.24, 2.45) is 0 Å². The van der Waals surface area contributed by atoms with Crippen molar-refractivity contribution in [1.82, 2.24) is 15.3 Å². The Labute approximate surface area is 163 Å². The van der Waals surface area contributed by atoms with E-state index in [-0.39, 0.29) is 30.0 Å². The van der Waals surface area contributed by atoms with Gasteiger partial charge in [-0.25, -0.2) is 9.18 Å². The van der Waals surface area contributed by atoms with Crippen LogP contribution in [0.15, 0.2) is 64.8 Å². The van der Waals surface area contributed by atoms with Gasteiger partial charge < -0.3 is 15.3 Å². The van der Waals surface area contributed by atoms with Gasteiger partial charge in [0.05, 0.1) is 23.6 Å². The van der Waals surface area contributed by atoms with E-state index < -0.39 is 0 Å². The topological polar surface area (TPSA) is 89.8 Å². The maximum Gasteiger partial charge on any atom is 0.323 e. The Hall–Kier alpha value is -3.23. The number of hydrogen-bond donors (Lipinski definition) is 4. The first kappa shape index (κ1) is 18.1. The third-order valence-corrected chi connectivity index (χ3v) is 5.23. The monoisotopic (exact) mass is 396 g/mol. The zero-order valence-corrected chi connectivity index (χ0v) is 15.5. The smallest absolute Gasteiger partial charge is 0.323 e. The molecule has 6 nitrogen and oxygen atoms in total. The highest BCUT2D eigenvalue weighted by Crippen LogP contribution is 2.26. The number of aromatic nitrogens is 2. The molecule has 142 valence electrons. The summed E-state index contributed by atoms with van der Waals surface area (Å²) in [5, 5.41) is 8.00. The Morgan fingerprint density at radius 2 is 1.86 bits per heavy atom. The molecular weight excluding hydrogens is 379 g/mol. The molecule has 4 N–H and O–H groups in total. The lowest BCUT2D eigenvalue weighted by Gasteiger charge is -2.18. The lowest BCUT2D eigenvalue weighted by Crippen LogP contribution is -2.31. The van der Waals surface area contributed by atoms with E-state index in [9.17, 15) is 14.0 Å². The molecule has 2 heterocycles. The number of nitrogens with one attached hydrogen (secondary N) is 4. The quantitative estimate of drug-likeness (QED) is 0.403. The van der Waals surface area contributed by atoms with Crippen LogP contribution in [0.3, 0.4) is 0 Å². The van der Waals surface area contributed by atoms with Crippen molar-refractivity contribution in [2.75, 3.05) is 11.9 Å². The number of benzene rings is 2. The van der Waals surface area contributed by atoms with E-state index in [0.29, 0.717) is 16.7 Å². The van der Waals surface area contributed by atoms with Gasteiger partial charge in [0.1, 0.15) is 5.82 Å². The lowest BCUT2D eigenvalue weighted by atomic mass is 10.1. The van der Waals surface area contributed by atoms with E-state index in [0.717, 1.165) is 10.4 Å². The van der Waals surface area contributed by atoms with Gasteiger partial charge in [-0.1, -0.05) is 18.2 Å². The minimum absolute atomic E-state index is 0.0711. The minimum Gasteiger partial charge on any atom is -0.325 e. The molecule has 8 heteroatoms. The molecule has 0 bridgehead atoms. The zero-order chi connectivity index (χ0) is 19.5. The van der Waals surface area contributed by atoms with Gasteiger partial charge in [0.15, 0.2) is 0 Å². The number of fused-ring (bicyclic) bond motifs is 1. The van der Waals surface area contributed by atoms with Gasteiger partial charge in [0.25, 0.3) is 0 Å². The number of rotatable bonds is 6. The first-order valence-corrected chi connectivity index (χ1v) is 9.50. The summed E-state index contributed by atoms with van der Waals surface area (Å²) in [4.78, 5) is 30.1. The SMILES string of the molecule is O=C(CN[C@H](c1ccc(F)cc1)c1cccs1)Nc1ccc2[nH]c(=O)[nH]c2c1. The van der Waals surface area contributed by atoms with Crippen LogP contribution in [0, 0.1) is 5.82 Å². The van der Waals surface area contributed by atoms with Crippen LogP contribution in [-0.4, -0.2) is 22.4 Å². The van der Waals surface area contributed by atoms with Crippen LogP contribution < -0.4 is 16.3 Å². The fourth-order valence-electron chi connectivity index (χ4n) is 3.00. The zero-order valence-electron chi connectivity index (χ0n) is 14.7. The van der Waals surface area contributed by atoms with Crippen molar-refractivity contribution < 1.29 is 9.18 Å². The average molecular weight is 396 g/mol. The van der Waals surface area contributed by atoms with Gasteiger partial charge in [-0.05, 0) is 47.3 Å². The number of anilines is 1. The van der Waals surface area contributed by atoms with Crippen molar-refractivity contribution >= 4 is 34.0 Å².